The topological polar surface area (TPSA) is 80.6 Å². The molecule has 1 aromatic rings. The minimum absolute atomic E-state index is 0.0193. The van der Waals surface area contributed by atoms with Gasteiger partial charge in [-0.2, -0.15) is 16.4 Å². The zero-order chi connectivity index (χ0) is 18.6. The molecule has 0 saturated carbocycles. The highest BCUT2D eigenvalue weighted by atomic mass is 32.2. The first kappa shape index (κ1) is 20.1. The lowest BCUT2D eigenvalue weighted by Gasteiger charge is -2.26. The van der Waals surface area contributed by atoms with Gasteiger partial charge >= 0.3 is 6.03 Å². The maximum atomic E-state index is 12.4. The predicted molar refractivity (Wildman–Crippen MR) is 99.2 cm³/mol. The van der Waals surface area contributed by atoms with Gasteiger partial charge in [-0.05, 0) is 20.1 Å². The highest BCUT2D eigenvalue weighted by Gasteiger charge is 2.29. The normalized spacial score (nSPS) is 15.3. The number of rotatable bonds is 5. The molecule has 0 atom stereocenters. The molecule has 0 radical (unpaired) electrons. The third-order valence-corrected chi connectivity index (χ3v) is 6.00. The first-order valence-electron chi connectivity index (χ1n) is 7.99. The number of aromatic nitrogens is 3. The Morgan fingerprint density at radius 2 is 1.92 bits per heavy atom. The summed E-state index contributed by atoms with van der Waals surface area (Å²) in [6.45, 7) is 6.35. The number of carbonyl (C=O) groups excluding carboxylic acids is 2. The maximum Gasteiger partial charge on any atom is 0.346 e. The van der Waals surface area contributed by atoms with Crippen LogP contribution in [0.5, 0.6) is 0 Å². The lowest BCUT2D eigenvalue weighted by molar-refractivity contribution is -0.132. The Morgan fingerprint density at radius 3 is 2.48 bits per heavy atom. The Bertz CT molecular complexity index is 627. The molecule has 0 bridgehead atoms. The second kappa shape index (κ2) is 8.41. The van der Waals surface area contributed by atoms with Crippen molar-refractivity contribution in [3.8, 4) is 0 Å². The van der Waals surface area contributed by atoms with Crippen molar-refractivity contribution in [2.75, 3.05) is 52.4 Å². The minimum Gasteiger partial charge on any atom is -0.378 e. The van der Waals surface area contributed by atoms with E-state index in [9.17, 15) is 9.59 Å². The summed E-state index contributed by atoms with van der Waals surface area (Å²) in [7, 11) is 3.33. The van der Waals surface area contributed by atoms with Crippen LogP contribution >= 0.6 is 23.5 Å². The summed E-state index contributed by atoms with van der Waals surface area (Å²) in [5.41, 5.74) is 0. The second-order valence-electron chi connectivity index (χ2n) is 6.30. The molecule has 0 N–H and O–H groups in total. The molecule has 1 fully saturated rings. The number of carbonyl (C=O) groups is 2. The quantitative estimate of drug-likeness (QED) is 0.706. The van der Waals surface area contributed by atoms with Crippen LogP contribution in [-0.2, 0) is 14.3 Å². The molecule has 2 rings (SSSR count). The van der Waals surface area contributed by atoms with Crippen LogP contribution in [0.1, 0.15) is 19.7 Å². The fourth-order valence-electron chi connectivity index (χ4n) is 2.08. The molecule has 1 aliphatic heterocycles. The Balaban J connectivity index is 2.17. The summed E-state index contributed by atoms with van der Waals surface area (Å²) < 4.78 is 6.23. The van der Waals surface area contributed by atoms with Gasteiger partial charge in [0, 0.05) is 27.2 Å². The summed E-state index contributed by atoms with van der Waals surface area (Å²) in [5, 5.41) is 4.83. The number of nitrogens with zero attached hydrogens (tertiary/aromatic N) is 5. The lowest BCUT2D eigenvalue weighted by atomic mass is 10.2. The number of thioether (sulfide) groups is 2. The summed E-state index contributed by atoms with van der Waals surface area (Å²) >= 11 is 2.85. The molecule has 8 nitrogen and oxygen atoms in total. The molecule has 1 saturated heterocycles. The zero-order valence-electron chi connectivity index (χ0n) is 15.3. The molecule has 1 aliphatic rings. The van der Waals surface area contributed by atoms with Crippen LogP contribution in [-0.4, -0.2) is 88.9 Å². The smallest absolute Gasteiger partial charge is 0.346 e. The summed E-state index contributed by atoms with van der Waals surface area (Å²) in [5.74, 6) is 0.820. The van der Waals surface area contributed by atoms with E-state index in [-0.39, 0.29) is 22.4 Å². The van der Waals surface area contributed by atoms with Gasteiger partial charge in [0.25, 0.3) is 0 Å². The highest BCUT2D eigenvalue weighted by Crippen LogP contribution is 2.32. The largest absolute Gasteiger partial charge is 0.378 e. The Labute approximate surface area is 156 Å². The third kappa shape index (κ3) is 4.89. The van der Waals surface area contributed by atoms with Gasteiger partial charge in [-0.25, -0.2) is 9.78 Å². The van der Waals surface area contributed by atoms with Crippen molar-refractivity contribution < 1.29 is 14.3 Å². The molecule has 0 aliphatic carbocycles. The molecule has 10 heteroatoms. The van der Waals surface area contributed by atoms with Gasteiger partial charge in [-0.15, -0.1) is 5.10 Å². The average molecular weight is 388 g/mol. The van der Waals surface area contributed by atoms with Crippen LogP contribution < -0.4 is 0 Å². The molecule has 2 amide bonds. The van der Waals surface area contributed by atoms with Crippen molar-refractivity contribution in [2.24, 2.45) is 0 Å². The van der Waals surface area contributed by atoms with E-state index >= 15 is 0 Å². The predicted octanol–water partition coefficient (Wildman–Crippen LogP) is 1.36. The molecule has 0 spiro atoms. The molecule has 0 aromatic carbocycles. The number of ether oxygens (including phenoxy) is 1. The molecule has 2 heterocycles. The zero-order valence-corrected chi connectivity index (χ0v) is 16.9. The number of amides is 2. The monoisotopic (exact) mass is 387 g/mol. The van der Waals surface area contributed by atoms with E-state index in [1.165, 1.54) is 21.3 Å². The van der Waals surface area contributed by atoms with Gasteiger partial charge in [-0.3, -0.25) is 4.79 Å². The van der Waals surface area contributed by atoms with Crippen molar-refractivity contribution in [1.29, 1.82) is 0 Å². The van der Waals surface area contributed by atoms with Gasteiger partial charge in [-0.1, -0.05) is 11.8 Å². The van der Waals surface area contributed by atoms with E-state index in [1.807, 2.05) is 20.1 Å². The van der Waals surface area contributed by atoms with Gasteiger partial charge < -0.3 is 14.5 Å². The Hall–Kier alpha value is -1.26. The molecule has 1 aromatic heterocycles. The van der Waals surface area contributed by atoms with Crippen LogP contribution in [0.3, 0.4) is 0 Å². The van der Waals surface area contributed by atoms with Crippen LogP contribution in [0.15, 0.2) is 5.16 Å². The van der Waals surface area contributed by atoms with Crippen molar-refractivity contribution in [2.45, 2.75) is 23.8 Å². The fraction of sp³-hybridized carbons (Fsp3) is 0.733. The van der Waals surface area contributed by atoms with Gasteiger partial charge in [0.1, 0.15) is 0 Å². The van der Waals surface area contributed by atoms with E-state index in [2.05, 4.69) is 10.1 Å². The molecular formula is C15H25N5O3S2. The van der Waals surface area contributed by atoms with E-state index < -0.39 is 0 Å². The van der Waals surface area contributed by atoms with E-state index in [4.69, 9.17) is 4.74 Å². The van der Waals surface area contributed by atoms with Crippen LogP contribution in [0, 0.1) is 0 Å². The lowest BCUT2D eigenvalue weighted by Crippen LogP contribution is -2.41. The molecule has 140 valence electrons. The molecule has 25 heavy (non-hydrogen) atoms. The Kier molecular flexibility index (Phi) is 6.75. The maximum absolute atomic E-state index is 12.4. The number of morpholine rings is 1. The Morgan fingerprint density at radius 1 is 1.28 bits per heavy atom. The standard InChI is InChI=1S/C15H25N5O3S2/c1-15(2,24-5)12-16-13(20(17-12)14(22)18(3)4)25-10-11(21)19-6-8-23-9-7-19/h6-10H2,1-5H3. The van der Waals surface area contributed by atoms with Crippen molar-refractivity contribution in [3.05, 3.63) is 5.82 Å². The second-order valence-corrected chi connectivity index (χ2v) is 8.67. The van der Waals surface area contributed by atoms with Crippen LogP contribution in [0.2, 0.25) is 0 Å². The van der Waals surface area contributed by atoms with E-state index in [0.717, 1.165) is 0 Å². The van der Waals surface area contributed by atoms with Crippen LogP contribution in [0.4, 0.5) is 4.79 Å². The summed E-state index contributed by atoms with van der Waals surface area (Å²) in [6.07, 6.45) is 1.98. The van der Waals surface area contributed by atoms with Crippen molar-refractivity contribution in [1.82, 2.24) is 24.6 Å². The SMILES string of the molecule is CSC(C)(C)c1nc(SCC(=O)N2CCOCC2)n(C(=O)N(C)C)n1. The van der Waals surface area contributed by atoms with Crippen molar-refractivity contribution >= 4 is 35.5 Å². The molecule has 0 unspecified atom stereocenters. The van der Waals surface area contributed by atoms with E-state index in [1.54, 1.807) is 30.8 Å². The number of hydrogen-bond acceptors (Lipinski definition) is 7. The third-order valence-electron chi connectivity index (χ3n) is 3.88. The van der Waals surface area contributed by atoms with Crippen LogP contribution in [0.25, 0.3) is 0 Å². The highest BCUT2D eigenvalue weighted by molar-refractivity contribution is 8.00. The number of hydrogen-bond donors (Lipinski definition) is 0. The summed E-state index contributed by atoms with van der Waals surface area (Å²) in [4.78, 5) is 32.5. The first-order chi connectivity index (χ1) is 11.8. The van der Waals surface area contributed by atoms with Gasteiger partial charge in [0.05, 0.1) is 23.7 Å². The first-order valence-corrected chi connectivity index (χ1v) is 10.2. The van der Waals surface area contributed by atoms with Crippen molar-refractivity contribution in [3.63, 3.8) is 0 Å². The summed E-state index contributed by atoms with van der Waals surface area (Å²) in [6, 6.07) is -0.281. The van der Waals surface area contributed by atoms with Gasteiger partial charge in [0.15, 0.2) is 11.0 Å². The fourth-order valence-corrected chi connectivity index (χ4v) is 3.18. The van der Waals surface area contributed by atoms with E-state index in [0.29, 0.717) is 37.3 Å². The average Bonchev–Trinajstić information content (AvgIpc) is 3.04. The molecular weight excluding hydrogens is 362 g/mol. The minimum atomic E-state index is -0.318. The van der Waals surface area contributed by atoms with Gasteiger partial charge in [0.2, 0.25) is 5.91 Å².